The van der Waals surface area contributed by atoms with Crippen LogP contribution in [0.4, 0.5) is 24.7 Å². The van der Waals surface area contributed by atoms with Crippen molar-refractivity contribution in [3.05, 3.63) is 47.5 Å². The average Bonchev–Trinajstić information content (AvgIpc) is 3.97. The lowest BCUT2D eigenvalue weighted by Gasteiger charge is -2.54. The topological polar surface area (TPSA) is 121 Å². The van der Waals surface area contributed by atoms with Gasteiger partial charge in [0, 0.05) is 78.9 Å². The fourth-order valence-electron chi connectivity index (χ4n) is 8.94. The number of likely N-dealkylation sites (tertiary alicyclic amines) is 2. The molecule has 0 unspecified atom stereocenters. The number of nitrogens with two attached hydrogens (primary N) is 1. The zero-order chi connectivity index (χ0) is 37.1. The highest BCUT2D eigenvalue weighted by Crippen LogP contribution is 2.53. The summed E-state index contributed by atoms with van der Waals surface area (Å²) in [4.78, 5) is 28.7. The highest BCUT2D eigenvalue weighted by Gasteiger charge is 2.47. The number of piperidine rings is 2. The summed E-state index contributed by atoms with van der Waals surface area (Å²) in [5.74, 6) is 0.668. The van der Waals surface area contributed by atoms with Crippen LogP contribution in [0.25, 0.3) is 22.0 Å². The van der Waals surface area contributed by atoms with Gasteiger partial charge in [-0.25, -0.2) is 0 Å². The van der Waals surface area contributed by atoms with Crippen LogP contribution in [0, 0.1) is 17.7 Å². The third kappa shape index (κ3) is 6.92. The van der Waals surface area contributed by atoms with E-state index in [0.29, 0.717) is 65.8 Å². The first-order valence-corrected chi connectivity index (χ1v) is 19.0. The molecular formula is C40H48F3N7O3. The molecule has 2 aliphatic carbocycles. The van der Waals surface area contributed by atoms with E-state index in [9.17, 15) is 18.0 Å². The third-order valence-electron chi connectivity index (χ3n) is 12.1. The highest BCUT2D eigenvalue weighted by atomic mass is 19.4. The summed E-state index contributed by atoms with van der Waals surface area (Å²) in [7, 11) is 0. The minimum absolute atomic E-state index is 0.0119. The van der Waals surface area contributed by atoms with E-state index in [0.717, 1.165) is 69.0 Å². The Labute approximate surface area is 308 Å². The van der Waals surface area contributed by atoms with Gasteiger partial charge in [-0.15, -0.1) is 0 Å². The molecule has 8 rings (SSSR count). The Morgan fingerprint density at radius 2 is 1.79 bits per heavy atom. The molecule has 1 aromatic heterocycles. The van der Waals surface area contributed by atoms with Gasteiger partial charge in [0.15, 0.2) is 12.4 Å². The van der Waals surface area contributed by atoms with Gasteiger partial charge in [-0.2, -0.15) is 23.1 Å². The Kier molecular flexibility index (Phi) is 9.27. The van der Waals surface area contributed by atoms with Crippen LogP contribution < -0.4 is 20.1 Å². The second-order valence-corrected chi connectivity index (χ2v) is 15.8. The maximum atomic E-state index is 14.0. The third-order valence-corrected chi connectivity index (χ3v) is 12.1. The Balaban J connectivity index is 1.24. The van der Waals surface area contributed by atoms with Crippen molar-refractivity contribution in [3.63, 3.8) is 0 Å². The summed E-state index contributed by atoms with van der Waals surface area (Å²) in [6, 6.07) is 6.15. The van der Waals surface area contributed by atoms with Gasteiger partial charge in [0.25, 0.3) is 0 Å². The van der Waals surface area contributed by atoms with Gasteiger partial charge in [-0.1, -0.05) is 19.1 Å². The maximum absolute atomic E-state index is 14.0. The van der Waals surface area contributed by atoms with Crippen molar-refractivity contribution in [2.45, 2.75) is 89.0 Å². The number of hydrogen-bond acceptors (Lipinski definition) is 9. The van der Waals surface area contributed by atoms with Crippen molar-refractivity contribution in [1.82, 2.24) is 19.8 Å². The number of anilines is 2. The Bertz CT molecular complexity index is 1920. The van der Waals surface area contributed by atoms with E-state index in [1.54, 1.807) is 6.07 Å². The van der Waals surface area contributed by atoms with E-state index in [1.165, 1.54) is 25.3 Å². The second-order valence-electron chi connectivity index (χ2n) is 15.8. The number of hydrogen-bond donors (Lipinski definition) is 2. The number of nitrogen functional groups attached to an aromatic ring is 1. The maximum Gasteiger partial charge on any atom is 0.422 e. The van der Waals surface area contributed by atoms with Gasteiger partial charge < -0.3 is 35.3 Å². The van der Waals surface area contributed by atoms with Crippen LogP contribution in [0.2, 0.25) is 0 Å². The summed E-state index contributed by atoms with van der Waals surface area (Å²) in [5, 5.41) is 8.90. The number of aromatic nitrogens is 2. The zero-order valence-corrected chi connectivity index (χ0v) is 30.3. The molecule has 3 N–H and O–H groups in total. The first-order valence-electron chi connectivity index (χ1n) is 19.0. The Morgan fingerprint density at radius 1 is 1.08 bits per heavy atom. The van der Waals surface area contributed by atoms with E-state index in [4.69, 9.17) is 30.6 Å². The van der Waals surface area contributed by atoms with Crippen molar-refractivity contribution in [3.8, 4) is 22.9 Å². The number of nitrogens with one attached hydrogen (secondary N) is 1. The molecule has 5 aliphatic rings. The molecule has 10 nitrogen and oxygen atoms in total. The summed E-state index contributed by atoms with van der Waals surface area (Å²) in [6.45, 7) is 8.87. The molecule has 3 aliphatic heterocycles. The summed E-state index contributed by atoms with van der Waals surface area (Å²) < 4.78 is 54.5. The quantitative estimate of drug-likeness (QED) is 0.130. The number of carbonyl (C=O) groups is 1. The largest absolute Gasteiger partial charge is 0.481 e. The number of amides is 1. The Morgan fingerprint density at radius 3 is 2.43 bits per heavy atom. The lowest BCUT2D eigenvalue weighted by Crippen LogP contribution is -2.61. The zero-order valence-electron chi connectivity index (χ0n) is 30.3. The first-order chi connectivity index (χ1) is 25.5. The molecule has 282 valence electrons. The van der Waals surface area contributed by atoms with Crippen LogP contribution >= 0.6 is 0 Å². The molecule has 2 saturated carbocycles. The molecule has 3 saturated heterocycles. The minimum atomic E-state index is -4.61. The molecule has 2 aromatic carbocycles. The minimum Gasteiger partial charge on any atom is -0.481 e. The van der Waals surface area contributed by atoms with Crippen molar-refractivity contribution < 1.29 is 27.4 Å². The molecule has 3 aromatic rings. The Hall–Kier alpha value is -4.39. The van der Waals surface area contributed by atoms with Crippen molar-refractivity contribution in [2.75, 3.05) is 56.5 Å². The van der Waals surface area contributed by atoms with E-state index in [1.807, 2.05) is 24.0 Å². The van der Waals surface area contributed by atoms with Crippen LogP contribution in [0.15, 0.2) is 30.9 Å². The van der Waals surface area contributed by atoms with E-state index in [2.05, 4.69) is 16.4 Å². The van der Waals surface area contributed by atoms with Crippen LogP contribution in [0.3, 0.4) is 0 Å². The lowest BCUT2D eigenvalue weighted by atomic mass is 9.72. The number of benzene rings is 2. The van der Waals surface area contributed by atoms with Gasteiger partial charge in [-0.3, -0.25) is 4.79 Å². The predicted octanol–water partition coefficient (Wildman–Crippen LogP) is 7.01. The number of halogens is 3. The molecule has 53 heavy (non-hydrogen) atoms. The monoisotopic (exact) mass is 731 g/mol. The number of alkyl halides is 3. The standard InChI is InChI=1S/C40H48F3N7O3/c1-3-32(51)50-21-39(22-50)11-15-49(16-12-39)37-29-19-28(25-8-9-25)34(33-24(2)7-10-31(45)30(33)20-44)36(52-23-40(41,42)43)35(29)46-38(47-37)53-27-17-26(18-27)48-13-5-4-6-14-48/h3,7,10,19-20,25-27,44H,1,4-6,8-9,11-18,21-23,45H2,2H3/t26-,27-. The lowest BCUT2D eigenvalue weighted by molar-refractivity contribution is -0.153. The molecule has 1 amide bonds. The molecular weight excluding hydrogens is 683 g/mol. The molecule has 0 atom stereocenters. The first kappa shape index (κ1) is 35.6. The molecule has 0 radical (unpaired) electrons. The average molecular weight is 732 g/mol. The van der Waals surface area contributed by atoms with E-state index < -0.39 is 12.8 Å². The molecule has 13 heteroatoms. The summed E-state index contributed by atoms with van der Waals surface area (Å²) >= 11 is 0. The molecule has 1 spiro atoms. The fourth-order valence-corrected chi connectivity index (χ4v) is 8.94. The highest BCUT2D eigenvalue weighted by molar-refractivity contribution is 6.05. The SMILES string of the molecule is C=CC(=O)N1CC2(CCN(c3nc(O[C@H]4C[C@H](N5CCCCC5)C4)nc4c(OCC(F)(F)F)c(-c5c(C)ccc(N)c5C=N)c(C5CC5)cc34)CC2)C1. The van der Waals surface area contributed by atoms with Crippen LogP contribution in [-0.2, 0) is 4.79 Å². The van der Waals surface area contributed by atoms with Crippen LogP contribution in [-0.4, -0.2) is 96.1 Å². The summed E-state index contributed by atoms with van der Waals surface area (Å²) in [5.41, 5.74) is 10.1. The van der Waals surface area contributed by atoms with Gasteiger partial charge in [-0.05, 0) is 99.4 Å². The number of carbonyl (C=O) groups excluding carboxylic acids is 1. The van der Waals surface area contributed by atoms with Crippen LogP contribution in [0.1, 0.15) is 80.4 Å². The number of nitrogens with zero attached hydrogens (tertiary/aromatic N) is 5. The number of rotatable bonds is 10. The molecule has 5 fully saturated rings. The van der Waals surface area contributed by atoms with Crippen molar-refractivity contribution >= 4 is 34.5 Å². The fraction of sp³-hybridized carbons (Fsp3) is 0.550. The normalized spacial score (nSPS) is 23.0. The number of aryl methyl sites for hydroxylation is 1. The molecule has 4 heterocycles. The molecule has 0 bridgehead atoms. The van der Waals surface area contributed by atoms with E-state index in [-0.39, 0.29) is 40.6 Å². The van der Waals surface area contributed by atoms with Gasteiger partial charge in [0.05, 0.1) is 0 Å². The van der Waals surface area contributed by atoms with Crippen molar-refractivity contribution in [2.24, 2.45) is 5.41 Å². The van der Waals surface area contributed by atoms with Crippen LogP contribution in [0.5, 0.6) is 11.8 Å². The van der Waals surface area contributed by atoms with Crippen molar-refractivity contribution in [1.29, 1.82) is 5.41 Å². The summed E-state index contributed by atoms with van der Waals surface area (Å²) in [6.07, 6.45) is 6.60. The predicted molar refractivity (Wildman–Crippen MR) is 199 cm³/mol. The smallest absolute Gasteiger partial charge is 0.422 e. The van der Waals surface area contributed by atoms with Gasteiger partial charge >= 0.3 is 12.2 Å². The number of fused-ring (bicyclic) bond motifs is 1. The van der Waals surface area contributed by atoms with Gasteiger partial charge in [0.1, 0.15) is 17.4 Å². The van der Waals surface area contributed by atoms with Gasteiger partial charge in [0.2, 0.25) is 5.91 Å². The number of ether oxygens (including phenoxy) is 2. The van der Waals surface area contributed by atoms with E-state index >= 15 is 0 Å². The second kappa shape index (κ2) is 13.8.